The Morgan fingerprint density at radius 2 is 2.14 bits per heavy atom. The van der Waals surface area contributed by atoms with Crippen LogP contribution >= 0.6 is 11.8 Å². The lowest BCUT2D eigenvalue weighted by Crippen LogP contribution is -2.09. The molecule has 2 rings (SSSR count). The number of hydrogen-bond donors (Lipinski definition) is 0. The fraction of sp³-hybridized carbons (Fsp3) is 0.467. The number of thioether (sulfide) groups is 1. The van der Waals surface area contributed by atoms with Gasteiger partial charge in [-0.1, -0.05) is 31.2 Å². The number of hydrogen-bond acceptors (Lipinski definition) is 6. The molecule has 0 unspecified atom stereocenters. The molecule has 0 aliphatic heterocycles. The molecule has 1 aromatic heterocycles. The Labute approximate surface area is 134 Å². The van der Waals surface area contributed by atoms with Gasteiger partial charge in [0, 0.05) is 0 Å². The number of carbonyl (C=O) groups excluding carboxylic acids is 1. The van der Waals surface area contributed by atoms with Crippen LogP contribution in [0.25, 0.3) is 5.69 Å². The summed E-state index contributed by atoms with van der Waals surface area (Å²) in [7, 11) is 0. The van der Waals surface area contributed by atoms with E-state index in [4.69, 9.17) is 4.74 Å². The number of esters is 1. The quantitative estimate of drug-likeness (QED) is 0.444. The van der Waals surface area contributed by atoms with Crippen molar-refractivity contribution in [1.82, 2.24) is 20.2 Å². The van der Waals surface area contributed by atoms with Crippen molar-refractivity contribution < 1.29 is 9.53 Å². The molecule has 0 atom stereocenters. The number of tetrazole rings is 1. The Kier molecular flexibility index (Phi) is 5.94. The van der Waals surface area contributed by atoms with Gasteiger partial charge in [-0.3, -0.25) is 4.79 Å². The van der Waals surface area contributed by atoms with Gasteiger partial charge in [-0.15, -0.1) is 5.10 Å². The van der Waals surface area contributed by atoms with Gasteiger partial charge in [0.25, 0.3) is 0 Å². The summed E-state index contributed by atoms with van der Waals surface area (Å²) in [5.74, 6) is -0.0392. The smallest absolute Gasteiger partial charge is 0.316 e. The van der Waals surface area contributed by atoms with Crippen molar-refractivity contribution in [2.45, 2.75) is 38.8 Å². The minimum Gasteiger partial charge on any atom is -0.465 e. The minimum atomic E-state index is -0.243. The third-order valence-corrected chi connectivity index (χ3v) is 4.15. The summed E-state index contributed by atoms with van der Waals surface area (Å²) < 4.78 is 6.76. The predicted octanol–water partition coefficient (Wildman–Crippen LogP) is 2.71. The highest BCUT2D eigenvalue weighted by Gasteiger charge is 2.12. The first-order valence-electron chi connectivity index (χ1n) is 7.26. The molecular weight excluding hydrogens is 300 g/mol. The summed E-state index contributed by atoms with van der Waals surface area (Å²) in [4.78, 5) is 11.6. The van der Waals surface area contributed by atoms with E-state index in [0.717, 1.165) is 18.5 Å². The van der Waals surface area contributed by atoms with Crippen LogP contribution < -0.4 is 0 Å². The molecule has 0 aliphatic carbocycles. The highest BCUT2D eigenvalue weighted by Crippen LogP contribution is 2.20. The molecular formula is C15H20N4O2S. The maximum Gasteiger partial charge on any atom is 0.316 e. The van der Waals surface area contributed by atoms with Crippen molar-refractivity contribution >= 4 is 17.7 Å². The average Bonchev–Trinajstić information content (AvgIpc) is 2.97. The lowest BCUT2D eigenvalue weighted by Gasteiger charge is -2.07. The summed E-state index contributed by atoms with van der Waals surface area (Å²) in [5.41, 5.74) is 3.27. The first-order valence-corrected chi connectivity index (χ1v) is 8.24. The van der Waals surface area contributed by atoms with Crippen LogP contribution in [0.5, 0.6) is 0 Å². The van der Waals surface area contributed by atoms with Gasteiger partial charge in [0.1, 0.15) is 0 Å². The summed E-state index contributed by atoms with van der Waals surface area (Å²) in [6, 6.07) is 6.01. The maximum absolute atomic E-state index is 11.6. The summed E-state index contributed by atoms with van der Waals surface area (Å²) >= 11 is 1.28. The molecule has 0 saturated heterocycles. The summed E-state index contributed by atoms with van der Waals surface area (Å²) in [5, 5.41) is 12.2. The van der Waals surface area contributed by atoms with Crippen molar-refractivity contribution in [3.63, 3.8) is 0 Å². The number of aromatic nitrogens is 4. The van der Waals surface area contributed by atoms with Crippen LogP contribution in [0.15, 0.2) is 23.4 Å². The molecule has 1 heterocycles. The van der Waals surface area contributed by atoms with Crippen LogP contribution in [0.2, 0.25) is 0 Å². The summed E-state index contributed by atoms with van der Waals surface area (Å²) in [6.07, 6.45) is 1.89. The topological polar surface area (TPSA) is 69.9 Å². The number of benzene rings is 1. The standard InChI is InChI=1S/C15H20N4O2S/c1-4-5-8-21-14(20)10-22-15-16-17-18-19(15)13-7-6-11(2)12(3)9-13/h6-7,9H,4-5,8,10H2,1-3H3. The first-order chi connectivity index (χ1) is 10.6. The molecule has 0 amide bonds. The van der Waals surface area contributed by atoms with E-state index in [1.165, 1.54) is 22.9 Å². The van der Waals surface area contributed by atoms with Crippen LogP contribution in [0.3, 0.4) is 0 Å². The van der Waals surface area contributed by atoms with Gasteiger partial charge in [-0.25, -0.2) is 0 Å². The van der Waals surface area contributed by atoms with E-state index in [-0.39, 0.29) is 11.7 Å². The Bertz CT molecular complexity index is 642. The maximum atomic E-state index is 11.6. The van der Waals surface area contributed by atoms with Crippen molar-refractivity contribution in [3.05, 3.63) is 29.3 Å². The molecule has 7 heteroatoms. The number of rotatable bonds is 7. The second kappa shape index (κ2) is 7.93. The van der Waals surface area contributed by atoms with Gasteiger partial charge in [-0.2, -0.15) is 4.68 Å². The second-order valence-electron chi connectivity index (χ2n) is 5.00. The Balaban J connectivity index is 2.00. The van der Waals surface area contributed by atoms with Crippen molar-refractivity contribution in [3.8, 4) is 5.69 Å². The molecule has 22 heavy (non-hydrogen) atoms. The monoisotopic (exact) mass is 320 g/mol. The Morgan fingerprint density at radius 3 is 2.86 bits per heavy atom. The summed E-state index contributed by atoms with van der Waals surface area (Å²) in [6.45, 7) is 6.63. The van der Waals surface area contributed by atoms with Crippen LogP contribution in [-0.2, 0) is 9.53 Å². The molecule has 2 aromatic rings. The molecule has 0 N–H and O–H groups in total. The van der Waals surface area contributed by atoms with Gasteiger partial charge in [0.15, 0.2) is 0 Å². The minimum absolute atomic E-state index is 0.203. The van der Waals surface area contributed by atoms with Crippen molar-refractivity contribution in [1.29, 1.82) is 0 Å². The van der Waals surface area contributed by atoms with Gasteiger partial charge < -0.3 is 4.74 Å². The molecule has 0 saturated carbocycles. The predicted molar refractivity (Wildman–Crippen MR) is 85.2 cm³/mol. The van der Waals surface area contributed by atoms with Crippen LogP contribution in [-0.4, -0.2) is 38.5 Å². The van der Waals surface area contributed by atoms with E-state index in [1.54, 1.807) is 4.68 Å². The molecule has 6 nitrogen and oxygen atoms in total. The van der Waals surface area contributed by atoms with E-state index >= 15 is 0 Å². The second-order valence-corrected chi connectivity index (χ2v) is 5.95. The molecule has 0 fully saturated rings. The number of ether oxygens (including phenoxy) is 1. The fourth-order valence-electron chi connectivity index (χ4n) is 1.78. The zero-order valence-electron chi connectivity index (χ0n) is 13.1. The third kappa shape index (κ3) is 4.30. The SMILES string of the molecule is CCCCOC(=O)CSc1nnnn1-c1ccc(C)c(C)c1. The molecule has 118 valence electrons. The average molecular weight is 320 g/mol. The molecule has 0 radical (unpaired) electrons. The normalized spacial score (nSPS) is 10.7. The van der Waals surface area contributed by atoms with Gasteiger partial charge >= 0.3 is 5.97 Å². The van der Waals surface area contributed by atoms with Crippen molar-refractivity contribution in [2.75, 3.05) is 12.4 Å². The zero-order chi connectivity index (χ0) is 15.9. The molecule has 1 aromatic carbocycles. The number of unbranched alkanes of at least 4 members (excludes halogenated alkanes) is 1. The highest BCUT2D eigenvalue weighted by molar-refractivity contribution is 7.99. The van der Waals surface area contributed by atoms with Gasteiger partial charge in [0.05, 0.1) is 18.0 Å². The largest absolute Gasteiger partial charge is 0.465 e. The highest BCUT2D eigenvalue weighted by atomic mass is 32.2. The van der Waals surface area contributed by atoms with Gasteiger partial charge in [-0.05, 0) is 54.0 Å². The van der Waals surface area contributed by atoms with Gasteiger partial charge in [0.2, 0.25) is 5.16 Å². The Morgan fingerprint density at radius 1 is 1.32 bits per heavy atom. The zero-order valence-corrected chi connectivity index (χ0v) is 13.9. The Hall–Kier alpha value is -1.89. The van der Waals surface area contributed by atoms with E-state index in [0.29, 0.717) is 11.8 Å². The van der Waals surface area contributed by atoms with E-state index < -0.39 is 0 Å². The fourth-order valence-corrected chi connectivity index (χ4v) is 2.47. The number of carbonyl (C=O) groups is 1. The van der Waals surface area contributed by atoms with E-state index in [9.17, 15) is 4.79 Å². The van der Waals surface area contributed by atoms with E-state index in [1.807, 2.05) is 25.1 Å². The van der Waals surface area contributed by atoms with Crippen LogP contribution in [0, 0.1) is 13.8 Å². The number of nitrogens with zero attached hydrogens (tertiary/aromatic N) is 4. The molecule has 0 bridgehead atoms. The number of aryl methyl sites for hydroxylation is 2. The third-order valence-electron chi connectivity index (χ3n) is 3.26. The molecule has 0 spiro atoms. The lowest BCUT2D eigenvalue weighted by atomic mass is 10.1. The van der Waals surface area contributed by atoms with E-state index in [2.05, 4.69) is 29.4 Å². The molecule has 0 aliphatic rings. The van der Waals surface area contributed by atoms with Crippen LogP contribution in [0.4, 0.5) is 0 Å². The lowest BCUT2D eigenvalue weighted by molar-refractivity contribution is -0.140. The van der Waals surface area contributed by atoms with Crippen molar-refractivity contribution in [2.24, 2.45) is 0 Å². The first kappa shape index (κ1) is 16.5. The van der Waals surface area contributed by atoms with Crippen LogP contribution in [0.1, 0.15) is 30.9 Å².